The van der Waals surface area contributed by atoms with Crippen molar-refractivity contribution in [1.82, 2.24) is 19.6 Å². The number of nitrogen functional groups attached to an aromatic ring is 1. The molecule has 12 heteroatoms. The Labute approximate surface area is 254 Å². The molecule has 0 radical (unpaired) electrons. The lowest BCUT2D eigenvalue weighted by Crippen LogP contribution is -2.50. The molecular weight excluding hydrogens is 576 g/mol. The van der Waals surface area contributed by atoms with Crippen molar-refractivity contribution in [2.45, 2.75) is 63.3 Å². The van der Waals surface area contributed by atoms with Gasteiger partial charge < -0.3 is 16.0 Å². The van der Waals surface area contributed by atoms with Crippen molar-refractivity contribution in [3.63, 3.8) is 0 Å². The maximum atomic E-state index is 13.9. The van der Waals surface area contributed by atoms with Gasteiger partial charge in [-0.2, -0.15) is 4.72 Å². The van der Waals surface area contributed by atoms with E-state index in [2.05, 4.69) is 26.9 Å². The zero-order chi connectivity index (χ0) is 29.4. The number of likely N-dealkylation sites (tertiary alicyclic amines) is 1. The first-order valence-corrected chi connectivity index (χ1v) is 15.5. The molecule has 1 aliphatic heterocycles. The molecule has 4 rings (SSSR count). The third kappa shape index (κ3) is 8.50. The fraction of sp³-hybridized carbons (Fsp3) is 0.400. The Morgan fingerprint density at radius 2 is 1.79 bits per heavy atom. The Morgan fingerprint density at radius 1 is 1.07 bits per heavy atom. The van der Waals surface area contributed by atoms with Gasteiger partial charge in [-0.05, 0) is 55.2 Å². The number of carbonyl (C=O) groups excluding carboxylic acids is 2. The van der Waals surface area contributed by atoms with E-state index in [-0.39, 0.29) is 47.6 Å². The van der Waals surface area contributed by atoms with Gasteiger partial charge in [0.15, 0.2) is 0 Å². The van der Waals surface area contributed by atoms with Crippen molar-refractivity contribution in [3.8, 4) is 11.1 Å². The van der Waals surface area contributed by atoms with Crippen LogP contribution in [-0.2, 0) is 26.0 Å². The van der Waals surface area contributed by atoms with Gasteiger partial charge in [-0.1, -0.05) is 50.2 Å². The molecule has 0 unspecified atom stereocenters. The molecule has 10 nitrogen and oxygen atoms in total. The summed E-state index contributed by atoms with van der Waals surface area (Å²) in [5.41, 5.74) is 7.95. The van der Waals surface area contributed by atoms with Gasteiger partial charge in [0.25, 0.3) is 0 Å². The Bertz CT molecular complexity index is 1450. The van der Waals surface area contributed by atoms with Gasteiger partial charge in [-0.25, -0.2) is 13.4 Å². The first kappa shape index (κ1) is 33.0. The lowest BCUT2D eigenvalue weighted by Gasteiger charge is -2.33. The Balaban J connectivity index is 0.00000484. The van der Waals surface area contributed by atoms with Crippen LogP contribution in [0.4, 0.5) is 11.5 Å². The molecule has 1 fully saturated rings. The third-order valence-electron chi connectivity index (χ3n) is 7.37. The molecule has 0 bridgehead atoms. The number of amides is 2. The summed E-state index contributed by atoms with van der Waals surface area (Å²) in [5, 5.41) is 2.76. The number of hydrogen-bond acceptors (Lipinski definition) is 7. The molecule has 0 saturated carbocycles. The topological polar surface area (TPSA) is 147 Å². The van der Waals surface area contributed by atoms with Crippen LogP contribution in [0, 0.1) is 5.92 Å². The fourth-order valence-corrected chi connectivity index (χ4v) is 6.22. The number of aromatic nitrogens is 2. The molecule has 226 valence electrons. The number of aryl methyl sites for hydroxylation is 1. The second kappa shape index (κ2) is 15.1. The van der Waals surface area contributed by atoms with E-state index < -0.39 is 16.1 Å². The van der Waals surface area contributed by atoms with Crippen molar-refractivity contribution in [2.24, 2.45) is 5.92 Å². The average molecular weight is 615 g/mol. The highest BCUT2D eigenvalue weighted by Gasteiger charge is 2.32. The van der Waals surface area contributed by atoms with E-state index in [1.165, 1.54) is 12.4 Å². The smallest absolute Gasteiger partial charge is 0.244 e. The number of pyridine rings is 2. The van der Waals surface area contributed by atoms with Crippen molar-refractivity contribution >= 4 is 45.7 Å². The number of benzene rings is 1. The number of nitrogens with two attached hydrogens (primary N) is 1. The quantitative estimate of drug-likeness (QED) is 0.289. The Hall–Kier alpha value is -3.54. The number of nitrogens with one attached hydrogen (secondary N) is 2. The zero-order valence-corrected chi connectivity index (χ0v) is 25.6. The van der Waals surface area contributed by atoms with Gasteiger partial charge >= 0.3 is 0 Å². The molecule has 0 aliphatic carbocycles. The number of sulfonamides is 1. The summed E-state index contributed by atoms with van der Waals surface area (Å²) in [6, 6.07) is 11.7. The van der Waals surface area contributed by atoms with Crippen LogP contribution in [-0.4, -0.2) is 54.2 Å². The van der Waals surface area contributed by atoms with Gasteiger partial charge in [0.2, 0.25) is 21.8 Å². The van der Waals surface area contributed by atoms with E-state index >= 15 is 0 Å². The molecule has 1 aliphatic rings. The number of carbonyl (C=O) groups is 2. The standard InChI is InChI=1S/C30H38N6O4S.ClH/c1-3-28(37)34-29-24(23-9-5-4-6-10-23)19-32-20-26(29)41(39,40)35-25(30(38)36-16-14-21(2)15-17-36)11-7-8-22-12-13-27(31)33-18-22;/h4-6,9-10,12-13,18-21,25,35H,3,7-8,11,14-17H2,1-2H3,(H2,31,33)(H,32,34,37);1H/t25-;/m0./s1. The summed E-state index contributed by atoms with van der Waals surface area (Å²) < 4.78 is 30.5. The molecule has 3 heterocycles. The van der Waals surface area contributed by atoms with Gasteiger partial charge in [0.1, 0.15) is 16.8 Å². The normalized spacial score (nSPS) is 14.6. The minimum atomic E-state index is -4.27. The fourth-order valence-electron chi connectivity index (χ4n) is 4.87. The second-order valence-corrected chi connectivity index (χ2v) is 12.2. The van der Waals surface area contributed by atoms with Gasteiger partial charge in [-0.15, -0.1) is 12.4 Å². The highest BCUT2D eigenvalue weighted by Crippen LogP contribution is 2.33. The largest absolute Gasteiger partial charge is 0.384 e. The average Bonchev–Trinajstić information content (AvgIpc) is 2.98. The lowest BCUT2D eigenvalue weighted by atomic mass is 9.98. The van der Waals surface area contributed by atoms with E-state index in [1.807, 2.05) is 36.4 Å². The first-order chi connectivity index (χ1) is 19.7. The minimum Gasteiger partial charge on any atom is -0.384 e. The summed E-state index contributed by atoms with van der Waals surface area (Å²) in [6.45, 7) is 5.02. The lowest BCUT2D eigenvalue weighted by molar-refractivity contribution is -0.134. The van der Waals surface area contributed by atoms with E-state index in [0.717, 1.165) is 18.4 Å². The van der Waals surface area contributed by atoms with Crippen LogP contribution in [0.3, 0.4) is 0 Å². The predicted molar refractivity (Wildman–Crippen MR) is 167 cm³/mol. The monoisotopic (exact) mass is 614 g/mol. The zero-order valence-electron chi connectivity index (χ0n) is 24.0. The second-order valence-electron chi connectivity index (χ2n) is 10.5. The van der Waals surface area contributed by atoms with Crippen LogP contribution in [0.15, 0.2) is 66.0 Å². The number of rotatable bonds is 11. The van der Waals surface area contributed by atoms with Crippen LogP contribution < -0.4 is 15.8 Å². The molecule has 1 atom stereocenters. The maximum absolute atomic E-state index is 13.9. The van der Waals surface area contributed by atoms with Crippen molar-refractivity contribution in [3.05, 3.63) is 66.6 Å². The molecule has 0 spiro atoms. The molecule has 4 N–H and O–H groups in total. The highest BCUT2D eigenvalue weighted by atomic mass is 35.5. The third-order valence-corrected chi connectivity index (χ3v) is 8.85. The highest BCUT2D eigenvalue weighted by molar-refractivity contribution is 7.89. The van der Waals surface area contributed by atoms with Crippen LogP contribution >= 0.6 is 12.4 Å². The van der Waals surface area contributed by atoms with Crippen molar-refractivity contribution < 1.29 is 18.0 Å². The number of anilines is 2. The van der Waals surface area contributed by atoms with E-state index in [9.17, 15) is 18.0 Å². The number of hydrogen-bond donors (Lipinski definition) is 3. The van der Waals surface area contributed by atoms with E-state index in [0.29, 0.717) is 48.8 Å². The van der Waals surface area contributed by atoms with Crippen LogP contribution in [0.2, 0.25) is 0 Å². The summed E-state index contributed by atoms with van der Waals surface area (Å²) in [5.74, 6) is 0.356. The molecule has 1 saturated heterocycles. The Kier molecular flexibility index (Phi) is 11.8. The van der Waals surface area contributed by atoms with Crippen molar-refractivity contribution in [1.29, 1.82) is 0 Å². The SMILES string of the molecule is CCC(=O)Nc1c(-c2ccccc2)cncc1S(=O)(=O)N[C@@H](CCCc1ccc(N)nc1)C(=O)N1CCC(C)CC1.Cl. The van der Waals surface area contributed by atoms with Gasteiger partial charge in [-0.3, -0.25) is 14.6 Å². The molecule has 2 aromatic heterocycles. The maximum Gasteiger partial charge on any atom is 0.244 e. The summed E-state index contributed by atoms with van der Waals surface area (Å²) in [4.78, 5) is 36.0. The number of piperidine rings is 1. The molecule has 1 aromatic carbocycles. The summed E-state index contributed by atoms with van der Waals surface area (Å²) in [7, 11) is -4.27. The number of halogens is 1. The summed E-state index contributed by atoms with van der Waals surface area (Å²) >= 11 is 0. The van der Waals surface area contributed by atoms with Crippen LogP contribution in [0.5, 0.6) is 0 Å². The van der Waals surface area contributed by atoms with Crippen LogP contribution in [0.1, 0.15) is 51.5 Å². The Morgan fingerprint density at radius 3 is 2.43 bits per heavy atom. The number of nitrogens with zero attached hydrogens (tertiary/aromatic N) is 3. The first-order valence-electron chi connectivity index (χ1n) is 14.0. The molecular formula is C30H39ClN6O4S. The van der Waals surface area contributed by atoms with E-state index in [1.54, 1.807) is 24.1 Å². The summed E-state index contributed by atoms with van der Waals surface area (Å²) in [6.07, 6.45) is 7.79. The molecule has 3 aromatic rings. The van der Waals surface area contributed by atoms with E-state index in [4.69, 9.17) is 5.73 Å². The molecule has 2 amide bonds. The van der Waals surface area contributed by atoms with Gasteiger partial charge in [0.05, 0.1) is 5.69 Å². The molecule has 42 heavy (non-hydrogen) atoms. The van der Waals surface area contributed by atoms with Gasteiger partial charge in [0, 0.05) is 43.7 Å². The minimum absolute atomic E-state index is 0. The predicted octanol–water partition coefficient (Wildman–Crippen LogP) is 4.42. The van der Waals surface area contributed by atoms with Crippen molar-refractivity contribution in [2.75, 3.05) is 24.1 Å². The van der Waals surface area contributed by atoms with Crippen LogP contribution in [0.25, 0.3) is 11.1 Å².